The summed E-state index contributed by atoms with van der Waals surface area (Å²) in [7, 11) is -3.90. The minimum atomic E-state index is -3.90. The van der Waals surface area contributed by atoms with Crippen LogP contribution in [-0.4, -0.2) is 94.3 Å². The summed E-state index contributed by atoms with van der Waals surface area (Å²) in [5.41, 5.74) is 11.7. The second kappa shape index (κ2) is 50.0. The number of phenols is 4. The molecule has 146 heavy (non-hydrogen) atoms. The molecule has 10 aromatic rings. The molecule has 3 unspecified atom stereocenters. The Hall–Kier alpha value is -11.5. The third kappa shape index (κ3) is 34.3. The lowest BCUT2D eigenvalue weighted by Crippen LogP contribution is -2.38. The first-order valence-corrected chi connectivity index (χ1v) is 52.5. The fourth-order valence-electron chi connectivity index (χ4n) is 17.4. The molecule has 23 nitrogen and oxygen atoms in total. The molecule has 3 atom stereocenters. The van der Waals surface area contributed by atoms with Crippen molar-refractivity contribution in [2.75, 3.05) is 27.6 Å². The van der Waals surface area contributed by atoms with Crippen LogP contribution in [-0.2, 0) is 72.3 Å². The topological polar surface area (TPSA) is 327 Å². The van der Waals surface area contributed by atoms with Gasteiger partial charge in [0.2, 0.25) is 21.8 Å². The van der Waals surface area contributed by atoms with Gasteiger partial charge in [0.15, 0.2) is 11.9 Å². The Balaban J connectivity index is 0.000000260. The number of amides is 4. The summed E-state index contributed by atoms with van der Waals surface area (Å²) >= 11 is 31.3. The van der Waals surface area contributed by atoms with Crippen molar-refractivity contribution < 1.29 is 81.3 Å². The van der Waals surface area contributed by atoms with Gasteiger partial charge in [0.05, 0.1) is 54.3 Å². The number of aliphatic imine (C=N–C) groups is 1. The number of ketones is 2. The fraction of sp³-hybridized carbons (Fsp3) is 0.427. The molecular formula is C117H147Cl5N6O17S. The van der Waals surface area contributed by atoms with Crippen molar-refractivity contribution in [2.45, 2.75) is 312 Å². The number of nitrogens with zero attached hydrogens (tertiary/aromatic N) is 2. The summed E-state index contributed by atoms with van der Waals surface area (Å²) < 4.78 is 56.4. The van der Waals surface area contributed by atoms with Crippen LogP contribution >= 0.6 is 58.0 Å². The standard InChI is InChI=1S/C49H55ClN2O8S.C28H26Cl4N4O4.C22H38O2.C15H22O2.C3H6O/c1-8-48(4,5)35-17-28-44(41(30-35)49(6,7)9-2)58-29-13-16-45(54)51-36-18-27-42(50)43(31-36)52-47(55)46(33(3)53)60-38-21-25-40(26-22-38)61(56,57)39-23-19-37(20-24-39)59-32-34-14-11-10-12-15-34;1-14(40-17-6-8-23(37)18(12-17)28(2,3)4)27(39)33-16-5-7-19(30)22(11-16)34-24-13-25(38)36(35-24)26-20(31)9-15(29)10-21(26)32;1-19(2,3)13-21(7,8)15-11-18(24)16(12-17(15)23)22(9,10)14-20(4,5)6;1-9(2)12-8-15(4,5)17-14-6-10(3)13(16)7-11(12)14;1-3(2)4/h10-12,14-15,17-28,30-31,46H,8-9,13,16,29,32H2,1-7H3,(H,51,54)(H,52,55);5-12,14,37H,13H2,1-4H3,(H,33,39)(H,34,35);11-12,23-24H,13-14H2,1-10H3;6-7,9,12,16H,8H2,1-5H3;1-2H3. The minimum absolute atomic E-state index is 0.00810. The number of Topliss-reactive ketones (excluding diaryl/α,β-unsaturated/α-hetero) is 2. The van der Waals surface area contributed by atoms with E-state index < -0.39 is 39.6 Å². The monoisotopic (exact) mass is 2110 g/mol. The van der Waals surface area contributed by atoms with Gasteiger partial charge in [-0.25, -0.2) is 18.4 Å². The third-order valence-corrected chi connectivity index (χ3v) is 28.3. The van der Waals surface area contributed by atoms with E-state index in [4.69, 9.17) is 81.7 Å². The molecule has 29 heteroatoms. The van der Waals surface area contributed by atoms with Gasteiger partial charge in [-0.1, -0.05) is 246 Å². The van der Waals surface area contributed by atoms with Gasteiger partial charge >= 0.3 is 0 Å². The molecule has 0 aliphatic carbocycles. The number of amidine groups is 1. The number of nitrogens with one attached hydrogen (secondary N) is 4. The molecule has 10 aromatic carbocycles. The first kappa shape index (κ1) is 120. The summed E-state index contributed by atoms with van der Waals surface area (Å²) in [4.78, 5) is 78.5. The van der Waals surface area contributed by atoms with Gasteiger partial charge < -0.3 is 64.9 Å². The second-order valence-corrected chi connectivity index (χ2v) is 48.5. The highest BCUT2D eigenvalue weighted by molar-refractivity contribution is 7.91. The number of phenolic OH excluding ortho intramolecular Hbond substituents is 4. The lowest BCUT2D eigenvalue weighted by Gasteiger charge is -2.39. The molecule has 2 aliphatic rings. The maximum Gasteiger partial charge on any atom is 0.273 e. The van der Waals surface area contributed by atoms with Gasteiger partial charge in [-0.15, -0.1) is 0 Å². The molecule has 788 valence electrons. The van der Waals surface area contributed by atoms with Crippen molar-refractivity contribution in [1.82, 2.24) is 5.43 Å². The van der Waals surface area contributed by atoms with E-state index in [0.717, 1.165) is 77.0 Å². The number of sulfone groups is 1. The summed E-state index contributed by atoms with van der Waals surface area (Å²) in [5.74, 6) is 3.03. The smallest absolute Gasteiger partial charge is 0.273 e. The largest absolute Gasteiger partial charge is 0.508 e. The molecule has 12 rings (SSSR count). The van der Waals surface area contributed by atoms with E-state index >= 15 is 0 Å². The Morgan fingerprint density at radius 1 is 0.548 bits per heavy atom. The highest BCUT2D eigenvalue weighted by Crippen LogP contribution is 2.50. The number of fused-ring (bicyclic) bond motifs is 1. The van der Waals surface area contributed by atoms with Crippen molar-refractivity contribution in [2.24, 2.45) is 21.7 Å². The van der Waals surface area contributed by atoms with Gasteiger partial charge in [-0.2, -0.15) is 0 Å². The molecule has 1 fully saturated rings. The number of carbonyl (C=O) groups excluding carboxylic acids is 6. The number of benzene rings is 10. The van der Waals surface area contributed by atoms with Gasteiger partial charge in [-0.3, -0.25) is 29.4 Å². The predicted octanol–water partition coefficient (Wildman–Crippen LogP) is 29.7. The van der Waals surface area contributed by atoms with Crippen LogP contribution in [0.2, 0.25) is 25.1 Å². The van der Waals surface area contributed by atoms with Crippen molar-refractivity contribution in [1.29, 1.82) is 0 Å². The minimum Gasteiger partial charge on any atom is -0.508 e. The van der Waals surface area contributed by atoms with E-state index in [1.165, 1.54) is 92.0 Å². The highest BCUT2D eigenvalue weighted by Gasteiger charge is 2.39. The quantitative estimate of drug-likeness (QED) is 0.0114. The lowest BCUT2D eigenvalue weighted by molar-refractivity contribution is -0.134. The van der Waals surface area contributed by atoms with Crippen molar-refractivity contribution >= 4 is 137 Å². The maximum atomic E-state index is 13.4. The van der Waals surface area contributed by atoms with Crippen molar-refractivity contribution in [3.05, 3.63) is 258 Å². The maximum absolute atomic E-state index is 13.4. The Bertz CT molecular complexity index is 6360. The molecule has 0 spiro atoms. The van der Waals surface area contributed by atoms with Crippen LogP contribution in [0.3, 0.4) is 0 Å². The molecule has 0 bridgehead atoms. The molecule has 8 N–H and O–H groups in total. The Labute approximate surface area is 888 Å². The Kier molecular flexibility index (Phi) is 41.0. The van der Waals surface area contributed by atoms with Crippen molar-refractivity contribution in [3.63, 3.8) is 0 Å². The average molecular weight is 2120 g/mol. The van der Waals surface area contributed by atoms with Crippen LogP contribution in [0.4, 0.5) is 28.4 Å². The van der Waals surface area contributed by atoms with Crippen LogP contribution in [0.15, 0.2) is 203 Å². The number of aryl methyl sites for hydroxylation is 1. The molecule has 2 aliphatic heterocycles. The number of aromatic hydroxyl groups is 4. The predicted molar refractivity (Wildman–Crippen MR) is 592 cm³/mol. The number of ether oxygens (including phenoxy) is 5. The highest BCUT2D eigenvalue weighted by atomic mass is 35.5. The molecule has 1 saturated heterocycles. The molecule has 0 saturated carbocycles. The van der Waals surface area contributed by atoms with E-state index in [1.807, 2.05) is 76.2 Å². The molecule has 2 heterocycles. The van der Waals surface area contributed by atoms with Gasteiger partial charge in [0.25, 0.3) is 17.7 Å². The third-order valence-electron chi connectivity index (χ3n) is 25.0. The SMILES string of the molecule is CC(C)(C)CC(C)(C)c1cc(O)c(C(C)(C)CC(C)(C)C)cc1O.CC(C)=O.CC(Oc1ccc(O)c(C(C)(C)C)c1)C(=O)Nc1ccc(Cl)c(N=C2CC(=O)N(c3c(Cl)cc(Cl)cc3Cl)N2)c1.CCC(C)(C)c1ccc(OCCCC(=O)Nc2ccc(Cl)c(NC(=O)C(Oc3ccc(S(=O)(=O)c4ccc(OCc5ccccc5)cc4)cc3)C(C)=O)c2)c(C(C)(C)CC)c1.Cc1cc2c(cc1O)C(C(C)C)CC(C)(C)O2. The molecule has 0 aromatic heterocycles. The molecular weight excluding hydrogens is 1970 g/mol. The van der Waals surface area contributed by atoms with E-state index in [9.17, 15) is 57.6 Å². The number of hydrogen-bond acceptors (Lipinski definition) is 18. The fourth-order valence-corrected chi connectivity index (χ4v) is 20.0. The van der Waals surface area contributed by atoms with Gasteiger partial charge in [-0.05, 0) is 299 Å². The number of hydrogen-bond donors (Lipinski definition) is 8. The molecule has 0 radical (unpaired) electrons. The van der Waals surface area contributed by atoms with Gasteiger partial charge in [0, 0.05) is 50.6 Å². The average Bonchev–Trinajstić information content (AvgIpc) is 1.06. The zero-order valence-corrected chi connectivity index (χ0v) is 94.2. The first-order chi connectivity index (χ1) is 67.6. The summed E-state index contributed by atoms with van der Waals surface area (Å²) in [5, 5.41) is 52.1. The summed E-state index contributed by atoms with van der Waals surface area (Å²) in [6, 6.07) is 52.2. The van der Waals surface area contributed by atoms with Crippen LogP contribution in [0.25, 0.3) is 0 Å². The summed E-state index contributed by atoms with van der Waals surface area (Å²) in [6.07, 6.45) is 2.99. The van der Waals surface area contributed by atoms with Gasteiger partial charge in [0.1, 0.15) is 81.3 Å². The zero-order valence-electron chi connectivity index (χ0n) is 89.6. The number of halogens is 5. The number of anilines is 4. The normalized spacial score (nSPS) is 14.4. The van der Waals surface area contributed by atoms with Crippen LogP contribution in [0.1, 0.15) is 289 Å². The zero-order chi connectivity index (χ0) is 109. The lowest BCUT2D eigenvalue weighted by atomic mass is 9.69. The van der Waals surface area contributed by atoms with E-state index in [1.54, 1.807) is 73.7 Å². The number of rotatable bonds is 31. The Morgan fingerprint density at radius 2 is 1.08 bits per heavy atom. The van der Waals surface area contributed by atoms with Crippen LogP contribution < -0.4 is 50.1 Å². The number of carbonyl (C=O) groups is 6. The van der Waals surface area contributed by atoms with E-state index in [-0.39, 0.29) is 122 Å². The van der Waals surface area contributed by atoms with Crippen molar-refractivity contribution in [3.8, 4) is 51.7 Å². The number of hydrazine groups is 1. The van der Waals surface area contributed by atoms with Crippen LogP contribution in [0.5, 0.6) is 51.7 Å². The van der Waals surface area contributed by atoms with Crippen LogP contribution in [0, 0.1) is 23.7 Å². The molecule has 4 amide bonds. The Morgan fingerprint density at radius 3 is 1.61 bits per heavy atom. The first-order valence-electron chi connectivity index (χ1n) is 49.1. The van der Waals surface area contributed by atoms with E-state index in [0.29, 0.717) is 98.7 Å². The van der Waals surface area contributed by atoms with E-state index in [2.05, 4.69) is 177 Å². The second-order valence-electron chi connectivity index (χ2n) is 44.5. The summed E-state index contributed by atoms with van der Waals surface area (Å²) in [6.45, 7) is 58.1.